The van der Waals surface area contributed by atoms with Crippen molar-refractivity contribution < 1.29 is 9.15 Å². The number of hydrogen-bond acceptors (Lipinski definition) is 6. The van der Waals surface area contributed by atoms with Crippen molar-refractivity contribution in [1.82, 2.24) is 24.6 Å². The lowest BCUT2D eigenvalue weighted by atomic mass is 9.98. The van der Waals surface area contributed by atoms with E-state index in [9.17, 15) is 0 Å². The van der Waals surface area contributed by atoms with E-state index in [4.69, 9.17) is 9.15 Å². The number of morpholine rings is 1. The first kappa shape index (κ1) is 18.0. The largest absolute Gasteiger partial charge is 0.471 e. The van der Waals surface area contributed by atoms with E-state index in [-0.39, 0.29) is 6.10 Å². The lowest BCUT2D eigenvalue weighted by Gasteiger charge is -2.33. The number of ether oxygens (including phenoxy) is 1. The van der Waals surface area contributed by atoms with Crippen molar-refractivity contribution in [2.45, 2.75) is 26.5 Å². The average Bonchev–Trinajstić information content (AvgIpc) is 3.38. The Labute approximate surface area is 168 Å². The van der Waals surface area contributed by atoms with Crippen molar-refractivity contribution in [3.63, 3.8) is 0 Å². The summed E-state index contributed by atoms with van der Waals surface area (Å²) >= 11 is 0. The molecule has 0 unspecified atom stereocenters. The minimum absolute atomic E-state index is 0.0562. The van der Waals surface area contributed by atoms with Gasteiger partial charge in [-0.25, -0.2) is 9.67 Å². The third-order valence-electron chi connectivity index (χ3n) is 5.49. The molecule has 29 heavy (non-hydrogen) atoms. The summed E-state index contributed by atoms with van der Waals surface area (Å²) in [6.45, 7) is 7.36. The van der Waals surface area contributed by atoms with Crippen molar-refractivity contribution >= 4 is 10.8 Å². The quantitative estimate of drug-likeness (QED) is 0.531. The van der Waals surface area contributed by atoms with Crippen LogP contribution in [0.5, 0.6) is 0 Å². The van der Waals surface area contributed by atoms with Crippen LogP contribution < -0.4 is 0 Å². The highest BCUT2D eigenvalue weighted by molar-refractivity contribution is 5.85. The number of rotatable bonds is 4. The van der Waals surface area contributed by atoms with Gasteiger partial charge in [0.05, 0.1) is 43.3 Å². The molecule has 7 heteroatoms. The smallest absolute Gasteiger partial charge is 0.172 e. The Morgan fingerprint density at radius 1 is 1.14 bits per heavy atom. The second-order valence-electron chi connectivity index (χ2n) is 7.56. The van der Waals surface area contributed by atoms with Gasteiger partial charge in [0.2, 0.25) is 0 Å². The van der Waals surface area contributed by atoms with E-state index in [1.165, 1.54) is 11.1 Å². The summed E-state index contributed by atoms with van der Waals surface area (Å²) in [6, 6.07) is 4.27. The number of furan rings is 1. The highest BCUT2D eigenvalue weighted by atomic mass is 16.5. The fourth-order valence-electron chi connectivity index (χ4n) is 3.97. The van der Waals surface area contributed by atoms with E-state index < -0.39 is 0 Å². The first-order chi connectivity index (χ1) is 14.2. The van der Waals surface area contributed by atoms with Crippen LogP contribution >= 0.6 is 0 Å². The van der Waals surface area contributed by atoms with Gasteiger partial charge in [-0.05, 0) is 25.0 Å². The highest BCUT2D eigenvalue weighted by Crippen LogP contribution is 2.31. The molecule has 4 aromatic rings. The van der Waals surface area contributed by atoms with Crippen molar-refractivity contribution in [3.05, 3.63) is 71.8 Å². The lowest BCUT2D eigenvalue weighted by Crippen LogP contribution is -2.38. The highest BCUT2D eigenvalue weighted by Gasteiger charge is 2.24. The Morgan fingerprint density at radius 2 is 2.07 bits per heavy atom. The lowest BCUT2D eigenvalue weighted by molar-refractivity contribution is -0.0331. The first-order valence-electron chi connectivity index (χ1n) is 9.79. The van der Waals surface area contributed by atoms with Crippen LogP contribution in [0, 0.1) is 13.8 Å². The van der Waals surface area contributed by atoms with Crippen LogP contribution in [0.3, 0.4) is 0 Å². The van der Waals surface area contributed by atoms with Gasteiger partial charge in [0, 0.05) is 48.4 Å². The molecule has 1 aliphatic heterocycles. The van der Waals surface area contributed by atoms with E-state index in [0.29, 0.717) is 6.61 Å². The number of hydrogen-bond donors (Lipinski definition) is 0. The maximum Gasteiger partial charge on any atom is 0.172 e. The summed E-state index contributed by atoms with van der Waals surface area (Å²) in [5.41, 5.74) is 4.49. The standard InChI is InChI=1S/C22H23N5O2/c1-15-7-23-9-22(25-15)27-11-17(8-24-27)10-26-5-6-29-21(12-26)19-4-3-18-13-28-14-20(18)16(19)2/h3-4,7-9,11,13-14,21H,5-6,10,12H2,1-2H3/t21-/m0/s1. The van der Waals surface area contributed by atoms with Gasteiger partial charge < -0.3 is 9.15 Å². The van der Waals surface area contributed by atoms with Crippen LogP contribution in [0.15, 0.2) is 53.9 Å². The van der Waals surface area contributed by atoms with Gasteiger partial charge in [-0.3, -0.25) is 9.88 Å². The molecule has 1 aliphatic rings. The number of aryl methyl sites for hydroxylation is 2. The molecule has 7 nitrogen and oxygen atoms in total. The summed E-state index contributed by atoms with van der Waals surface area (Å²) in [6.07, 6.45) is 11.1. The molecule has 148 valence electrons. The monoisotopic (exact) mass is 389 g/mol. The number of nitrogens with zero attached hydrogens (tertiary/aromatic N) is 5. The molecule has 0 amide bonds. The van der Waals surface area contributed by atoms with E-state index in [1.54, 1.807) is 23.3 Å². The van der Waals surface area contributed by atoms with Crippen LogP contribution in [0.2, 0.25) is 0 Å². The normalized spacial score (nSPS) is 17.8. The molecule has 0 saturated carbocycles. The molecule has 0 N–H and O–H groups in total. The SMILES string of the molecule is Cc1cncc(-n2cc(CN3CCO[C@H](c4ccc5cocc5c4C)C3)cn2)n1. The topological polar surface area (TPSA) is 69.2 Å². The average molecular weight is 389 g/mol. The number of fused-ring (bicyclic) bond motifs is 1. The summed E-state index contributed by atoms with van der Waals surface area (Å²) in [4.78, 5) is 11.1. The van der Waals surface area contributed by atoms with Crippen LogP contribution in [0.1, 0.15) is 28.5 Å². The zero-order chi connectivity index (χ0) is 19.8. The molecule has 0 bridgehead atoms. The fraction of sp³-hybridized carbons (Fsp3) is 0.318. The summed E-state index contributed by atoms with van der Waals surface area (Å²) in [7, 11) is 0. The molecular formula is C22H23N5O2. The van der Waals surface area contributed by atoms with Gasteiger partial charge in [0.15, 0.2) is 5.82 Å². The Bertz CT molecular complexity index is 1150. The molecule has 5 rings (SSSR count). The van der Waals surface area contributed by atoms with Crippen molar-refractivity contribution in [3.8, 4) is 5.82 Å². The summed E-state index contributed by atoms with van der Waals surface area (Å²) in [5.74, 6) is 0.736. The Kier molecular flexibility index (Phi) is 4.61. The van der Waals surface area contributed by atoms with E-state index in [2.05, 4.69) is 39.0 Å². The first-order valence-corrected chi connectivity index (χ1v) is 9.79. The van der Waals surface area contributed by atoms with Gasteiger partial charge in [0.1, 0.15) is 0 Å². The van der Waals surface area contributed by atoms with Gasteiger partial charge in [-0.1, -0.05) is 12.1 Å². The van der Waals surface area contributed by atoms with Crippen LogP contribution in [-0.2, 0) is 11.3 Å². The molecule has 1 fully saturated rings. The molecule has 0 spiro atoms. The second kappa shape index (κ2) is 7.42. The summed E-state index contributed by atoms with van der Waals surface area (Å²) < 4.78 is 13.3. The van der Waals surface area contributed by atoms with Gasteiger partial charge in [-0.2, -0.15) is 5.10 Å². The minimum atomic E-state index is 0.0562. The number of benzene rings is 1. The summed E-state index contributed by atoms with van der Waals surface area (Å²) in [5, 5.41) is 6.74. The number of aromatic nitrogens is 4. The predicted molar refractivity (Wildman–Crippen MR) is 109 cm³/mol. The second-order valence-corrected chi connectivity index (χ2v) is 7.56. The molecule has 0 aliphatic carbocycles. The Hall–Kier alpha value is -3.03. The maximum absolute atomic E-state index is 6.11. The van der Waals surface area contributed by atoms with E-state index in [1.807, 2.05) is 25.6 Å². The van der Waals surface area contributed by atoms with E-state index >= 15 is 0 Å². The molecule has 4 heterocycles. The van der Waals surface area contributed by atoms with Gasteiger partial charge >= 0.3 is 0 Å². The Morgan fingerprint density at radius 3 is 2.97 bits per heavy atom. The van der Waals surface area contributed by atoms with Gasteiger partial charge in [-0.15, -0.1) is 0 Å². The van der Waals surface area contributed by atoms with Crippen LogP contribution in [0.4, 0.5) is 0 Å². The Balaban J connectivity index is 1.32. The fourth-order valence-corrected chi connectivity index (χ4v) is 3.97. The zero-order valence-electron chi connectivity index (χ0n) is 16.6. The molecular weight excluding hydrogens is 366 g/mol. The molecule has 1 aromatic carbocycles. The van der Waals surface area contributed by atoms with Gasteiger partial charge in [0.25, 0.3) is 0 Å². The molecule has 3 aromatic heterocycles. The predicted octanol–water partition coefficient (Wildman–Crippen LogP) is 3.60. The zero-order valence-corrected chi connectivity index (χ0v) is 16.6. The molecule has 0 radical (unpaired) electrons. The van der Waals surface area contributed by atoms with Crippen LogP contribution in [-0.4, -0.2) is 44.3 Å². The minimum Gasteiger partial charge on any atom is -0.471 e. The van der Waals surface area contributed by atoms with Crippen molar-refractivity contribution in [1.29, 1.82) is 0 Å². The van der Waals surface area contributed by atoms with Crippen LogP contribution in [0.25, 0.3) is 16.6 Å². The van der Waals surface area contributed by atoms with Crippen molar-refractivity contribution in [2.75, 3.05) is 19.7 Å². The van der Waals surface area contributed by atoms with E-state index in [0.717, 1.165) is 47.5 Å². The van der Waals surface area contributed by atoms with Crippen molar-refractivity contribution in [2.24, 2.45) is 0 Å². The molecule has 1 atom stereocenters. The maximum atomic E-state index is 6.11. The third-order valence-corrected chi connectivity index (χ3v) is 5.49. The third kappa shape index (κ3) is 3.54. The molecule has 1 saturated heterocycles.